The first-order valence-corrected chi connectivity index (χ1v) is 17.3. The van der Waals surface area contributed by atoms with Gasteiger partial charge in [0.1, 0.15) is 0 Å². The Morgan fingerprint density at radius 3 is 1.90 bits per heavy atom. The van der Waals surface area contributed by atoms with Crippen molar-refractivity contribution >= 4 is 17.3 Å². The highest BCUT2D eigenvalue weighted by molar-refractivity contribution is 5.82. The molecule has 0 radical (unpaired) electrons. The molecule has 6 aliphatic rings. The first-order chi connectivity index (χ1) is 23.8. The fourth-order valence-corrected chi connectivity index (χ4v) is 8.78. The van der Waals surface area contributed by atoms with Gasteiger partial charge in [0, 0.05) is 40.0 Å². The van der Waals surface area contributed by atoms with Gasteiger partial charge in [-0.25, -0.2) is 4.98 Å². The van der Waals surface area contributed by atoms with Crippen molar-refractivity contribution in [2.24, 2.45) is 5.92 Å². The van der Waals surface area contributed by atoms with Gasteiger partial charge in [-0.15, -0.1) is 0 Å². The lowest BCUT2D eigenvalue weighted by Crippen LogP contribution is -2.36. The number of aryl methyl sites for hydroxylation is 2. The lowest BCUT2D eigenvalue weighted by molar-refractivity contribution is 0.602. The fraction of sp³-hybridized carbons (Fsp3) is 0.186. The zero-order valence-electron chi connectivity index (χ0n) is 26.6. The molecule has 3 heterocycles. The van der Waals surface area contributed by atoms with Crippen LogP contribution in [0.3, 0.4) is 0 Å². The standard InChI is InChI=1S/C43H33N5/c1-4-10-26(11-5-1)41-44-42(27-12-6-2-7-13-27)46-43(45-41)48-38-23-31-19-17-29(31)21-34(38)36-24-35-33-20-28-16-18-30(28)22-37(33)47(39(35)25-40(36)48)32-14-8-3-9-15-32/h1-15,20-23,25,34-35,38H,16-19,24H2. The average Bonchev–Trinajstić information content (AvgIpc) is 3.60. The van der Waals surface area contributed by atoms with Gasteiger partial charge in [0.15, 0.2) is 11.6 Å². The molecule has 2 aliphatic heterocycles. The Morgan fingerprint density at radius 2 is 1.25 bits per heavy atom. The van der Waals surface area contributed by atoms with Crippen molar-refractivity contribution in [3.63, 3.8) is 0 Å². The number of benzene rings is 4. The predicted octanol–water partition coefficient (Wildman–Crippen LogP) is 9.25. The molecule has 4 aromatic carbocycles. The molecular formula is C43H33N5. The summed E-state index contributed by atoms with van der Waals surface area (Å²) in [5.41, 5.74) is 16.2. The van der Waals surface area contributed by atoms with Crippen LogP contribution in [0.15, 0.2) is 149 Å². The number of para-hydroxylation sites is 1. The van der Waals surface area contributed by atoms with Crippen LogP contribution in [0.2, 0.25) is 0 Å². The van der Waals surface area contributed by atoms with E-state index in [0.29, 0.717) is 23.5 Å². The maximum absolute atomic E-state index is 5.27. The summed E-state index contributed by atoms with van der Waals surface area (Å²) in [5, 5.41) is 0. The molecule has 0 N–H and O–H groups in total. The average molecular weight is 620 g/mol. The molecule has 1 saturated carbocycles. The molecule has 1 fully saturated rings. The lowest BCUT2D eigenvalue weighted by atomic mass is 9.73. The monoisotopic (exact) mass is 619 g/mol. The van der Waals surface area contributed by atoms with Crippen molar-refractivity contribution in [1.29, 1.82) is 0 Å². The number of nitrogens with zero attached hydrogens (tertiary/aromatic N) is 5. The molecule has 48 heavy (non-hydrogen) atoms. The van der Waals surface area contributed by atoms with Crippen LogP contribution in [-0.2, 0) is 12.8 Å². The molecule has 0 bridgehead atoms. The Kier molecular flexibility index (Phi) is 5.51. The Labute approximate surface area is 280 Å². The lowest BCUT2D eigenvalue weighted by Gasteiger charge is -2.35. The van der Waals surface area contributed by atoms with Crippen LogP contribution in [0.5, 0.6) is 0 Å². The SMILES string of the molecule is C1=C2CCC2=CC2C1C1=C(C=C3C(C1)c1cc4c(cc1N3c1ccccc1)CC4)N2c1nc(-c2ccccc2)nc(-c2ccccc2)n1. The number of rotatable bonds is 4. The highest BCUT2D eigenvalue weighted by atomic mass is 15.3. The maximum Gasteiger partial charge on any atom is 0.234 e. The number of fused-ring (bicyclic) bond motifs is 7. The molecule has 0 amide bonds. The van der Waals surface area contributed by atoms with Gasteiger partial charge in [-0.3, -0.25) is 0 Å². The number of aromatic nitrogens is 3. The van der Waals surface area contributed by atoms with Crippen molar-refractivity contribution in [3.05, 3.63) is 166 Å². The van der Waals surface area contributed by atoms with Gasteiger partial charge in [0.2, 0.25) is 5.95 Å². The summed E-state index contributed by atoms with van der Waals surface area (Å²) in [6.07, 6.45) is 13.3. The third kappa shape index (κ3) is 3.82. The third-order valence-corrected chi connectivity index (χ3v) is 11.4. The van der Waals surface area contributed by atoms with E-state index in [4.69, 9.17) is 15.0 Å². The predicted molar refractivity (Wildman–Crippen MR) is 191 cm³/mol. The van der Waals surface area contributed by atoms with Gasteiger partial charge in [0.05, 0.1) is 11.7 Å². The van der Waals surface area contributed by atoms with Crippen molar-refractivity contribution < 1.29 is 0 Å². The number of anilines is 3. The summed E-state index contributed by atoms with van der Waals surface area (Å²) >= 11 is 0. The van der Waals surface area contributed by atoms with Crippen LogP contribution in [0.4, 0.5) is 17.3 Å². The smallest absolute Gasteiger partial charge is 0.234 e. The molecule has 1 aromatic heterocycles. The van der Waals surface area contributed by atoms with Gasteiger partial charge in [-0.1, -0.05) is 97.1 Å². The van der Waals surface area contributed by atoms with Crippen LogP contribution in [0.25, 0.3) is 22.8 Å². The van der Waals surface area contributed by atoms with E-state index in [1.807, 2.05) is 12.1 Å². The second kappa shape index (κ2) is 9.98. The largest absolute Gasteiger partial charge is 0.313 e. The molecule has 5 heteroatoms. The maximum atomic E-state index is 5.27. The van der Waals surface area contributed by atoms with E-state index in [2.05, 4.69) is 119 Å². The van der Waals surface area contributed by atoms with E-state index in [1.54, 1.807) is 0 Å². The number of allylic oxidation sites excluding steroid dienone is 4. The quantitative estimate of drug-likeness (QED) is 0.201. The topological polar surface area (TPSA) is 45.2 Å². The molecule has 0 spiro atoms. The van der Waals surface area contributed by atoms with Crippen LogP contribution in [0.1, 0.15) is 41.9 Å². The van der Waals surface area contributed by atoms with Crippen molar-refractivity contribution in [2.75, 3.05) is 9.80 Å². The van der Waals surface area contributed by atoms with Crippen LogP contribution in [0, 0.1) is 5.92 Å². The number of hydrogen-bond acceptors (Lipinski definition) is 5. The summed E-state index contributed by atoms with van der Waals surface area (Å²) in [5.74, 6) is 2.75. The number of hydrogen-bond donors (Lipinski definition) is 0. The molecule has 3 unspecified atom stereocenters. The van der Waals surface area contributed by atoms with Crippen molar-refractivity contribution in [3.8, 4) is 22.8 Å². The van der Waals surface area contributed by atoms with E-state index >= 15 is 0 Å². The highest BCUT2D eigenvalue weighted by Crippen LogP contribution is 2.58. The van der Waals surface area contributed by atoms with Crippen molar-refractivity contribution in [2.45, 2.75) is 44.1 Å². The summed E-state index contributed by atoms with van der Waals surface area (Å²) < 4.78 is 0. The minimum atomic E-state index is 0.140. The van der Waals surface area contributed by atoms with Gasteiger partial charge >= 0.3 is 0 Å². The first-order valence-electron chi connectivity index (χ1n) is 17.3. The first kappa shape index (κ1) is 26.5. The molecule has 3 atom stereocenters. The van der Waals surface area contributed by atoms with E-state index in [1.165, 1.54) is 75.4 Å². The molecule has 11 rings (SSSR count). The van der Waals surface area contributed by atoms with Gasteiger partial charge < -0.3 is 9.80 Å². The zero-order valence-corrected chi connectivity index (χ0v) is 26.6. The normalized spacial score (nSPS) is 22.6. The van der Waals surface area contributed by atoms with Crippen LogP contribution < -0.4 is 9.80 Å². The van der Waals surface area contributed by atoms with Crippen LogP contribution >= 0.6 is 0 Å². The van der Waals surface area contributed by atoms with Gasteiger partial charge in [-0.2, -0.15) is 9.97 Å². The zero-order chi connectivity index (χ0) is 31.3. The molecule has 230 valence electrons. The Morgan fingerprint density at radius 1 is 0.625 bits per heavy atom. The summed E-state index contributed by atoms with van der Waals surface area (Å²) in [6, 6.07) is 36.7. The molecular weight excluding hydrogens is 587 g/mol. The van der Waals surface area contributed by atoms with E-state index < -0.39 is 0 Å². The molecule has 4 aliphatic carbocycles. The third-order valence-electron chi connectivity index (χ3n) is 11.4. The summed E-state index contributed by atoms with van der Waals surface area (Å²) in [4.78, 5) is 20.5. The second-order valence-electron chi connectivity index (χ2n) is 13.9. The van der Waals surface area contributed by atoms with Gasteiger partial charge in [-0.05, 0) is 89.8 Å². The summed E-state index contributed by atoms with van der Waals surface area (Å²) in [7, 11) is 0. The van der Waals surface area contributed by atoms with E-state index in [9.17, 15) is 0 Å². The second-order valence-corrected chi connectivity index (χ2v) is 13.9. The Hall–Kier alpha value is -5.55. The summed E-state index contributed by atoms with van der Waals surface area (Å²) in [6.45, 7) is 0. The highest BCUT2D eigenvalue weighted by Gasteiger charge is 2.49. The van der Waals surface area contributed by atoms with Crippen LogP contribution in [-0.4, -0.2) is 21.0 Å². The van der Waals surface area contributed by atoms with Gasteiger partial charge in [0.25, 0.3) is 0 Å². The molecule has 5 nitrogen and oxygen atoms in total. The minimum Gasteiger partial charge on any atom is -0.313 e. The van der Waals surface area contributed by atoms with E-state index in [-0.39, 0.29) is 6.04 Å². The van der Waals surface area contributed by atoms with E-state index in [0.717, 1.165) is 29.9 Å². The Bertz CT molecular complexity index is 2220. The minimum absolute atomic E-state index is 0.140. The Balaban J connectivity index is 1.12. The van der Waals surface area contributed by atoms with Crippen molar-refractivity contribution in [1.82, 2.24) is 15.0 Å². The fourth-order valence-electron chi connectivity index (χ4n) is 8.78. The molecule has 0 saturated heterocycles. The molecule has 5 aromatic rings.